The zero-order valence-corrected chi connectivity index (χ0v) is 12.3. The Bertz CT molecular complexity index is 468. The smallest absolute Gasteiger partial charge is 0.263 e. The summed E-state index contributed by atoms with van der Waals surface area (Å²) < 4.78 is 25.1. The van der Waals surface area contributed by atoms with Gasteiger partial charge in [-0.3, -0.25) is 0 Å². The van der Waals surface area contributed by atoms with Crippen molar-refractivity contribution in [1.29, 1.82) is 0 Å². The van der Waals surface area contributed by atoms with Gasteiger partial charge in [0.1, 0.15) is 0 Å². The largest absolute Gasteiger partial charge is 0.309 e. The highest BCUT2D eigenvalue weighted by atomic mass is 19.3. The van der Waals surface area contributed by atoms with Crippen LogP contribution in [0.25, 0.3) is 0 Å². The third-order valence-corrected chi connectivity index (χ3v) is 6.00. The first-order valence-electron chi connectivity index (χ1n) is 8.29. The average molecular weight is 291 g/mol. The molecule has 21 heavy (non-hydrogen) atoms. The molecule has 0 atom stereocenters. The molecule has 0 heterocycles. The lowest BCUT2D eigenvalue weighted by atomic mass is 9.54. The minimum atomic E-state index is -2.36. The lowest BCUT2D eigenvalue weighted by Gasteiger charge is -2.54. The van der Waals surface area contributed by atoms with Gasteiger partial charge in [-0.25, -0.2) is 8.78 Å². The summed E-state index contributed by atoms with van der Waals surface area (Å²) in [6.07, 6.45) is 4.76. The van der Waals surface area contributed by atoms with E-state index < -0.39 is 6.43 Å². The minimum absolute atomic E-state index is 0.119. The van der Waals surface area contributed by atoms with E-state index in [2.05, 4.69) is 5.32 Å². The average Bonchev–Trinajstić information content (AvgIpc) is 2.46. The molecule has 0 radical (unpaired) electrons. The molecule has 0 unspecified atom stereocenters. The number of benzene rings is 1. The first-order valence-corrected chi connectivity index (χ1v) is 8.29. The molecule has 0 amide bonds. The van der Waals surface area contributed by atoms with Gasteiger partial charge in [0.25, 0.3) is 6.43 Å². The van der Waals surface area contributed by atoms with Crippen LogP contribution in [0.3, 0.4) is 0 Å². The highest BCUT2D eigenvalue weighted by Gasteiger charge is 2.47. The van der Waals surface area contributed by atoms with Crippen molar-refractivity contribution in [2.75, 3.05) is 0 Å². The maximum atomic E-state index is 12.6. The Labute approximate surface area is 125 Å². The summed E-state index contributed by atoms with van der Waals surface area (Å²) in [5, 5.41) is 3.74. The molecule has 0 saturated heterocycles. The molecule has 3 heteroatoms. The second kappa shape index (κ2) is 5.35. The fraction of sp³-hybridized carbons (Fsp3) is 0.667. The van der Waals surface area contributed by atoms with Crippen LogP contribution in [0.5, 0.6) is 0 Å². The maximum Gasteiger partial charge on any atom is 0.263 e. The lowest BCUT2D eigenvalue weighted by Crippen LogP contribution is -2.54. The first kappa shape index (κ1) is 13.7. The Morgan fingerprint density at radius 2 is 1.48 bits per heavy atom. The van der Waals surface area contributed by atoms with Crippen molar-refractivity contribution in [2.24, 2.45) is 23.7 Å². The molecule has 0 aliphatic heterocycles. The Balaban J connectivity index is 1.38. The quantitative estimate of drug-likeness (QED) is 0.859. The molecule has 0 aromatic heterocycles. The normalized spacial score (nSPS) is 37.4. The Morgan fingerprint density at radius 1 is 0.905 bits per heavy atom. The SMILES string of the molecule is FC(F)c1ccc(CNC2C3CC4CC(C3)CC2C4)cc1. The van der Waals surface area contributed by atoms with Crippen LogP contribution in [0.2, 0.25) is 0 Å². The summed E-state index contributed by atoms with van der Waals surface area (Å²) in [7, 11) is 0. The summed E-state index contributed by atoms with van der Waals surface area (Å²) in [5.74, 6) is 3.72. The highest BCUT2D eigenvalue weighted by Crippen LogP contribution is 2.53. The summed E-state index contributed by atoms with van der Waals surface area (Å²) >= 11 is 0. The summed E-state index contributed by atoms with van der Waals surface area (Å²) in [5.41, 5.74) is 1.24. The molecule has 0 spiro atoms. The number of alkyl halides is 2. The predicted molar refractivity (Wildman–Crippen MR) is 79.1 cm³/mol. The van der Waals surface area contributed by atoms with Crippen molar-refractivity contribution < 1.29 is 8.78 Å². The van der Waals surface area contributed by atoms with Gasteiger partial charge in [0.2, 0.25) is 0 Å². The zero-order valence-electron chi connectivity index (χ0n) is 12.3. The van der Waals surface area contributed by atoms with Crippen molar-refractivity contribution in [3.63, 3.8) is 0 Å². The molecule has 4 fully saturated rings. The van der Waals surface area contributed by atoms with Gasteiger partial charge in [0.05, 0.1) is 0 Å². The molecule has 4 saturated carbocycles. The molecule has 5 rings (SSSR count). The van der Waals surface area contributed by atoms with Gasteiger partial charge in [-0.1, -0.05) is 24.3 Å². The van der Waals surface area contributed by atoms with Crippen LogP contribution in [-0.2, 0) is 6.54 Å². The van der Waals surface area contributed by atoms with E-state index in [-0.39, 0.29) is 5.56 Å². The second-order valence-corrected chi connectivity index (χ2v) is 7.38. The van der Waals surface area contributed by atoms with E-state index in [4.69, 9.17) is 0 Å². The third kappa shape index (κ3) is 2.61. The molecule has 1 aromatic carbocycles. The molecular weight excluding hydrogens is 268 g/mol. The summed E-state index contributed by atoms with van der Waals surface area (Å²) in [6.45, 7) is 0.816. The van der Waals surface area contributed by atoms with Crippen LogP contribution in [0.1, 0.15) is 49.7 Å². The van der Waals surface area contributed by atoms with E-state index in [9.17, 15) is 8.78 Å². The van der Waals surface area contributed by atoms with Crippen molar-refractivity contribution in [3.8, 4) is 0 Å². The van der Waals surface area contributed by atoms with Crippen LogP contribution in [0.4, 0.5) is 8.78 Å². The van der Waals surface area contributed by atoms with Crippen LogP contribution < -0.4 is 5.32 Å². The molecule has 1 N–H and O–H groups in total. The van der Waals surface area contributed by atoms with Crippen LogP contribution in [0.15, 0.2) is 24.3 Å². The molecule has 4 aliphatic rings. The topological polar surface area (TPSA) is 12.0 Å². The van der Waals surface area contributed by atoms with E-state index in [1.807, 2.05) is 12.1 Å². The number of hydrogen-bond acceptors (Lipinski definition) is 1. The fourth-order valence-corrected chi connectivity index (χ4v) is 5.28. The van der Waals surface area contributed by atoms with Gasteiger partial charge in [-0.15, -0.1) is 0 Å². The van der Waals surface area contributed by atoms with E-state index in [0.29, 0.717) is 6.04 Å². The summed E-state index contributed by atoms with van der Waals surface area (Å²) in [6, 6.07) is 7.44. The number of nitrogens with one attached hydrogen (secondary N) is 1. The maximum absolute atomic E-state index is 12.6. The molecule has 114 valence electrons. The minimum Gasteiger partial charge on any atom is -0.309 e. The van der Waals surface area contributed by atoms with Crippen LogP contribution >= 0.6 is 0 Å². The van der Waals surface area contributed by atoms with Crippen molar-refractivity contribution in [2.45, 2.75) is 51.1 Å². The fourth-order valence-electron chi connectivity index (χ4n) is 5.28. The standard InChI is InChI=1S/C18H23F2N/c19-18(20)14-3-1-11(2-4-14)10-21-17-15-6-12-5-13(8-15)9-16(17)7-12/h1-4,12-13,15-18,21H,5-10H2. The van der Waals surface area contributed by atoms with Gasteiger partial charge < -0.3 is 5.32 Å². The van der Waals surface area contributed by atoms with E-state index >= 15 is 0 Å². The number of halogens is 2. The Morgan fingerprint density at radius 3 is 2.00 bits per heavy atom. The molecular formula is C18H23F2N. The van der Waals surface area contributed by atoms with E-state index in [1.54, 1.807) is 12.1 Å². The van der Waals surface area contributed by atoms with Crippen molar-refractivity contribution in [1.82, 2.24) is 5.32 Å². The van der Waals surface area contributed by atoms with Gasteiger partial charge in [-0.2, -0.15) is 0 Å². The monoisotopic (exact) mass is 291 g/mol. The Kier molecular flexibility index (Phi) is 3.49. The Hall–Kier alpha value is -0.960. The van der Waals surface area contributed by atoms with Gasteiger partial charge in [0.15, 0.2) is 0 Å². The molecule has 4 aliphatic carbocycles. The molecule has 1 aromatic rings. The van der Waals surface area contributed by atoms with Crippen molar-refractivity contribution in [3.05, 3.63) is 35.4 Å². The van der Waals surface area contributed by atoms with Gasteiger partial charge in [0, 0.05) is 18.2 Å². The first-order chi connectivity index (χ1) is 10.2. The van der Waals surface area contributed by atoms with Gasteiger partial charge in [-0.05, 0) is 61.3 Å². The van der Waals surface area contributed by atoms with Crippen molar-refractivity contribution >= 4 is 0 Å². The third-order valence-electron chi connectivity index (χ3n) is 6.00. The number of rotatable bonds is 4. The lowest BCUT2D eigenvalue weighted by molar-refractivity contribution is -0.0142. The molecule has 1 nitrogen and oxygen atoms in total. The van der Waals surface area contributed by atoms with E-state index in [1.165, 1.54) is 32.1 Å². The molecule has 4 bridgehead atoms. The predicted octanol–water partition coefficient (Wildman–Crippen LogP) is 4.54. The number of hydrogen-bond donors (Lipinski definition) is 1. The zero-order chi connectivity index (χ0) is 14.4. The van der Waals surface area contributed by atoms with Crippen LogP contribution in [0, 0.1) is 23.7 Å². The van der Waals surface area contributed by atoms with E-state index in [0.717, 1.165) is 35.8 Å². The highest BCUT2D eigenvalue weighted by molar-refractivity contribution is 5.23. The second-order valence-electron chi connectivity index (χ2n) is 7.38. The van der Waals surface area contributed by atoms with Gasteiger partial charge >= 0.3 is 0 Å². The van der Waals surface area contributed by atoms with Crippen LogP contribution in [-0.4, -0.2) is 6.04 Å². The summed E-state index contributed by atoms with van der Waals surface area (Å²) in [4.78, 5) is 0.